The number of anilines is 1. The van der Waals surface area contributed by atoms with Crippen LogP contribution in [0.4, 0.5) is 5.69 Å². The highest BCUT2D eigenvalue weighted by molar-refractivity contribution is 6.05. The fourth-order valence-electron chi connectivity index (χ4n) is 2.90. The summed E-state index contributed by atoms with van der Waals surface area (Å²) in [6.45, 7) is 8.14. The number of hydrogen-bond acceptors (Lipinski definition) is 2. The van der Waals surface area contributed by atoms with Crippen LogP contribution in [0.1, 0.15) is 46.2 Å². The van der Waals surface area contributed by atoms with E-state index in [1.165, 1.54) is 0 Å². The van der Waals surface area contributed by atoms with Gasteiger partial charge in [-0.2, -0.15) is 0 Å². The lowest BCUT2D eigenvalue weighted by Crippen LogP contribution is -2.17. The molecule has 0 saturated heterocycles. The number of benzene rings is 1. The monoisotopic (exact) mass is 321 g/mol. The van der Waals surface area contributed by atoms with Crippen molar-refractivity contribution in [1.82, 2.24) is 9.38 Å². The van der Waals surface area contributed by atoms with E-state index in [1.807, 2.05) is 61.7 Å². The lowest BCUT2D eigenvalue weighted by atomic mass is 10.1. The number of pyridine rings is 1. The Bertz CT molecular complexity index is 909. The molecular weight excluding hydrogens is 298 g/mol. The van der Waals surface area contributed by atoms with E-state index in [4.69, 9.17) is 0 Å². The van der Waals surface area contributed by atoms with Crippen molar-refractivity contribution in [3.8, 4) is 0 Å². The highest BCUT2D eigenvalue weighted by Gasteiger charge is 2.19. The first-order valence-corrected chi connectivity index (χ1v) is 8.35. The van der Waals surface area contributed by atoms with Crippen molar-refractivity contribution in [3.63, 3.8) is 0 Å². The Labute approximate surface area is 142 Å². The van der Waals surface area contributed by atoms with Gasteiger partial charge in [0.1, 0.15) is 11.3 Å². The third-order valence-corrected chi connectivity index (χ3v) is 4.18. The first kappa shape index (κ1) is 16.2. The molecule has 0 aliphatic heterocycles. The number of fused-ring (bicyclic) bond motifs is 1. The molecule has 3 rings (SSSR count). The Morgan fingerprint density at radius 3 is 2.62 bits per heavy atom. The SMILES string of the molecule is CCCc1nc2ccc(C)cn2c1C(=O)Nc1cc(C)ccc1C. The quantitative estimate of drug-likeness (QED) is 0.771. The van der Waals surface area contributed by atoms with E-state index in [1.54, 1.807) is 0 Å². The topological polar surface area (TPSA) is 46.4 Å². The van der Waals surface area contributed by atoms with Crippen LogP contribution in [0.2, 0.25) is 0 Å². The Kier molecular flexibility index (Phi) is 4.38. The lowest BCUT2D eigenvalue weighted by Gasteiger charge is -2.10. The van der Waals surface area contributed by atoms with Gasteiger partial charge in [-0.25, -0.2) is 4.98 Å². The number of imidazole rings is 1. The van der Waals surface area contributed by atoms with Crippen LogP contribution >= 0.6 is 0 Å². The molecule has 124 valence electrons. The van der Waals surface area contributed by atoms with Gasteiger partial charge >= 0.3 is 0 Å². The van der Waals surface area contributed by atoms with Gasteiger partial charge in [-0.15, -0.1) is 0 Å². The predicted octanol–water partition coefficient (Wildman–Crippen LogP) is 4.46. The maximum absolute atomic E-state index is 13.0. The molecule has 3 aromatic rings. The molecule has 24 heavy (non-hydrogen) atoms. The normalized spacial score (nSPS) is 11.0. The van der Waals surface area contributed by atoms with Crippen molar-refractivity contribution in [1.29, 1.82) is 0 Å². The van der Waals surface area contributed by atoms with E-state index in [2.05, 4.69) is 17.2 Å². The van der Waals surface area contributed by atoms with Gasteiger partial charge in [-0.3, -0.25) is 9.20 Å². The summed E-state index contributed by atoms with van der Waals surface area (Å²) < 4.78 is 1.90. The van der Waals surface area contributed by atoms with Gasteiger partial charge < -0.3 is 5.32 Å². The van der Waals surface area contributed by atoms with E-state index in [0.29, 0.717) is 5.69 Å². The minimum atomic E-state index is -0.106. The summed E-state index contributed by atoms with van der Waals surface area (Å²) >= 11 is 0. The van der Waals surface area contributed by atoms with Crippen molar-refractivity contribution in [2.24, 2.45) is 0 Å². The van der Waals surface area contributed by atoms with Crippen molar-refractivity contribution in [3.05, 3.63) is 64.6 Å². The number of aromatic nitrogens is 2. The number of hydrogen-bond donors (Lipinski definition) is 1. The third-order valence-electron chi connectivity index (χ3n) is 4.18. The Hall–Kier alpha value is -2.62. The molecule has 0 saturated carbocycles. The fraction of sp³-hybridized carbons (Fsp3) is 0.300. The second-order valence-corrected chi connectivity index (χ2v) is 6.36. The van der Waals surface area contributed by atoms with Crippen LogP contribution in [0.25, 0.3) is 5.65 Å². The Morgan fingerprint density at radius 1 is 1.12 bits per heavy atom. The molecule has 2 aromatic heterocycles. The van der Waals surface area contributed by atoms with Crippen molar-refractivity contribution in [2.45, 2.75) is 40.5 Å². The molecule has 2 heterocycles. The average Bonchev–Trinajstić information content (AvgIpc) is 2.88. The van der Waals surface area contributed by atoms with Gasteiger partial charge in [0.05, 0.1) is 5.69 Å². The summed E-state index contributed by atoms with van der Waals surface area (Å²) in [6.07, 6.45) is 3.71. The van der Waals surface area contributed by atoms with Gasteiger partial charge in [-0.05, 0) is 56.0 Å². The molecule has 0 atom stereocenters. The molecule has 0 spiro atoms. The highest BCUT2D eigenvalue weighted by Crippen LogP contribution is 2.20. The fourth-order valence-corrected chi connectivity index (χ4v) is 2.90. The Morgan fingerprint density at radius 2 is 1.88 bits per heavy atom. The smallest absolute Gasteiger partial charge is 0.274 e. The molecule has 4 heteroatoms. The molecule has 4 nitrogen and oxygen atoms in total. The molecule has 1 amide bonds. The number of rotatable bonds is 4. The van der Waals surface area contributed by atoms with E-state index in [9.17, 15) is 4.79 Å². The summed E-state index contributed by atoms with van der Waals surface area (Å²) in [5, 5.41) is 3.06. The first-order chi connectivity index (χ1) is 11.5. The van der Waals surface area contributed by atoms with E-state index < -0.39 is 0 Å². The number of aryl methyl sites for hydroxylation is 4. The summed E-state index contributed by atoms with van der Waals surface area (Å²) in [7, 11) is 0. The molecular formula is C20H23N3O. The van der Waals surface area contributed by atoms with E-state index in [-0.39, 0.29) is 5.91 Å². The largest absolute Gasteiger partial charge is 0.320 e. The number of carbonyl (C=O) groups is 1. The molecule has 0 radical (unpaired) electrons. The highest BCUT2D eigenvalue weighted by atomic mass is 16.2. The zero-order chi connectivity index (χ0) is 17.3. The Balaban J connectivity index is 2.06. The standard InChI is InChI=1S/C20H23N3O/c1-5-6-16-19(23-12-14(3)8-10-18(23)21-16)20(24)22-17-11-13(2)7-9-15(17)4/h7-12H,5-6H2,1-4H3,(H,22,24). The molecule has 0 fully saturated rings. The maximum Gasteiger partial charge on any atom is 0.274 e. The number of carbonyl (C=O) groups excluding carboxylic acids is 1. The predicted molar refractivity (Wildman–Crippen MR) is 97.8 cm³/mol. The van der Waals surface area contributed by atoms with Crippen LogP contribution in [-0.4, -0.2) is 15.3 Å². The third kappa shape index (κ3) is 3.04. The zero-order valence-electron chi connectivity index (χ0n) is 14.7. The van der Waals surface area contributed by atoms with Crippen LogP contribution in [0.3, 0.4) is 0 Å². The molecule has 1 aromatic carbocycles. The van der Waals surface area contributed by atoms with Crippen LogP contribution in [0, 0.1) is 20.8 Å². The minimum Gasteiger partial charge on any atom is -0.320 e. The molecule has 0 aliphatic carbocycles. The maximum atomic E-state index is 13.0. The molecule has 0 unspecified atom stereocenters. The summed E-state index contributed by atoms with van der Waals surface area (Å²) in [4.78, 5) is 17.6. The van der Waals surface area contributed by atoms with Gasteiger partial charge in [0.15, 0.2) is 0 Å². The van der Waals surface area contributed by atoms with Crippen molar-refractivity contribution < 1.29 is 4.79 Å². The summed E-state index contributed by atoms with van der Waals surface area (Å²) in [6, 6.07) is 10.1. The molecule has 0 bridgehead atoms. The number of nitrogens with one attached hydrogen (secondary N) is 1. The van der Waals surface area contributed by atoms with Gasteiger partial charge in [0.2, 0.25) is 0 Å². The minimum absolute atomic E-state index is 0.106. The second-order valence-electron chi connectivity index (χ2n) is 6.36. The van der Waals surface area contributed by atoms with E-state index in [0.717, 1.165) is 46.6 Å². The summed E-state index contributed by atoms with van der Waals surface area (Å²) in [5.41, 5.74) is 6.43. The van der Waals surface area contributed by atoms with Crippen LogP contribution in [0.5, 0.6) is 0 Å². The average molecular weight is 321 g/mol. The van der Waals surface area contributed by atoms with Crippen LogP contribution in [0.15, 0.2) is 36.5 Å². The number of nitrogens with zero attached hydrogens (tertiary/aromatic N) is 2. The van der Waals surface area contributed by atoms with Crippen LogP contribution in [-0.2, 0) is 6.42 Å². The van der Waals surface area contributed by atoms with Crippen LogP contribution < -0.4 is 5.32 Å². The molecule has 1 N–H and O–H groups in total. The van der Waals surface area contributed by atoms with Crippen molar-refractivity contribution in [2.75, 3.05) is 5.32 Å². The van der Waals surface area contributed by atoms with Crippen molar-refractivity contribution >= 4 is 17.2 Å². The second kappa shape index (κ2) is 6.48. The van der Waals surface area contributed by atoms with Gasteiger partial charge in [-0.1, -0.05) is 31.5 Å². The zero-order valence-corrected chi connectivity index (χ0v) is 14.7. The van der Waals surface area contributed by atoms with E-state index >= 15 is 0 Å². The van der Waals surface area contributed by atoms with Gasteiger partial charge in [0.25, 0.3) is 5.91 Å². The number of amides is 1. The molecule has 0 aliphatic rings. The van der Waals surface area contributed by atoms with Gasteiger partial charge in [0, 0.05) is 11.9 Å². The summed E-state index contributed by atoms with van der Waals surface area (Å²) in [5.74, 6) is -0.106. The lowest BCUT2D eigenvalue weighted by molar-refractivity contribution is 0.102. The first-order valence-electron chi connectivity index (χ1n) is 8.35.